The molecule has 1 aromatic carbocycles. The number of nitrogens with zero attached hydrogens (tertiary/aromatic N) is 3. The van der Waals surface area contributed by atoms with E-state index in [1.54, 1.807) is 0 Å². The van der Waals surface area contributed by atoms with Gasteiger partial charge in [0, 0.05) is 18.8 Å². The molecule has 25 heavy (non-hydrogen) atoms. The van der Waals surface area contributed by atoms with Crippen LogP contribution in [0.5, 0.6) is 0 Å². The topological polar surface area (TPSA) is 47.4 Å². The van der Waals surface area contributed by atoms with E-state index in [0.29, 0.717) is 13.2 Å². The van der Waals surface area contributed by atoms with E-state index in [9.17, 15) is 4.79 Å². The fourth-order valence-corrected chi connectivity index (χ4v) is 3.49. The number of aromatic nitrogens is 2. The van der Waals surface area contributed by atoms with Gasteiger partial charge in [-0.1, -0.05) is 30.3 Å². The first kappa shape index (κ1) is 17.7. The number of rotatable bonds is 5. The predicted molar refractivity (Wildman–Crippen MR) is 97.2 cm³/mol. The third-order valence-electron chi connectivity index (χ3n) is 4.79. The number of carbonyl (C=O) groups excluding carboxylic acids is 1. The number of piperidine rings is 1. The van der Waals surface area contributed by atoms with Crippen molar-refractivity contribution in [1.82, 2.24) is 14.7 Å². The zero-order valence-corrected chi connectivity index (χ0v) is 15.3. The van der Waals surface area contributed by atoms with Gasteiger partial charge in [-0.2, -0.15) is 5.10 Å². The number of hydrogen-bond donors (Lipinski definition) is 0. The highest BCUT2D eigenvalue weighted by Gasteiger charge is 2.29. The first-order valence-corrected chi connectivity index (χ1v) is 9.01. The van der Waals surface area contributed by atoms with E-state index < -0.39 is 6.10 Å². The molecule has 3 rings (SSSR count). The number of carbonyl (C=O) groups is 1. The number of aryl methyl sites for hydroxylation is 2. The molecule has 1 saturated heterocycles. The molecule has 2 aromatic rings. The first-order valence-electron chi connectivity index (χ1n) is 9.01. The van der Waals surface area contributed by atoms with Gasteiger partial charge in [-0.3, -0.25) is 9.48 Å². The maximum atomic E-state index is 12.8. The summed E-state index contributed by atoms with van der Waals surface area (Å²) in [5, 5.41) is 4.60. The molecule has 5 nitrogen and oxygen atoms in total. The van der Waals surface area contributed by atoms with Gasteiger partial charge in [0.15, 0.2) is 0 Å². The average molecular weight is 341 g/mol. The summed E-state index contributed by atoms with van der Waals surface area (Å²) in [6.07, 6.45) is 1.63. The minimum atomic E-state index is -0.431. The van der Waals surface area contributed by atoms with Gasteiger partial charge in [0.2, 0.25) is 0 Å². The second-order valence-electron chi connectivity index (χ2n) is 6.89. The van der Waals surface area contributed by atoms with Crippen molar-refractivity contribution in [3.63, 3.8) is 0 Å². The number of likely N-dealkylation sites (tertiary alicyclic amines) is 1. The van der Waals surface area contributed by atoms with Crippen LogP contribution in [0.3, 0.4) is 0 Å². The van der Waals surface area contributed by atoms with Crippen molar-refractivity contribution in [2.24, 2.45) is 0 Å². The van der Waals surface area contributed by atoms with Gasteiger partial charge < -0.3 is 9.64 Å². The summed E-state index contributed by atoms with van der Waals surface area (Å²) in [5.74, 6) is 0.0714. The molecule has 1 fully saturated rings. The fraction of sp³-hybridized carbons (Fsp3) is 0.500. The van der Waals surface area contributed by atoms with Crippen LogP contribution >= 0.6 is 0 Å². The van der Waals surface area contributed by atoms with Crippen LogP contribution in [0, 0.1) is 13.8 Å². The second-order valence-corrected chi connectivity index (χ2v) is 6.89. The Morgan fingerprint density at radius 3 is 2.76 bits per heavy atom. The van der Waals surface area contributed by atoms with Crippen LogP contribution in [0.25, 0.3) is 0 Å². The van der Waals surface area contributed by atoms with E-state index in [0.717, 1.165) is 36.3 Å². The van der Waals surface area contributed by atoms with E-state index in [2.05, 4.69) is 22.8 Å². The molecule has 0 aliphatic carbocycles. The van der Waals surface area contributed by atoms with E-state index in [-0.39, 0.29) is 11.9 Å². The van der Waals surface area contributed by atoms with Crippen molar-refractivity contribution in [3.05, 3.63) is 53.3 Å². The Balaban J connectivity index is 1.58. The molecular formula is C20H27N3O2. The molecule has 2 heterocycles. The summed E-state index contributed by atoms with van der Waals surface area (Å²) in [5.41, 5.74) is 3.27. The van der Waals surface area contributed by atoms with Gasteiger partial charge in [0.25, 0.3) is 5.91 Å². The molecule has 0 radical (unpaired) electrons. The Morgan fingerprint density at radius 1 is 1.32 bits per heavy atom. The van der Waals surface area contributed by atoms with E-state index in [1.165, 1.54) is 0 Å². The van der Waals surface area contributed by atoms with Gasteiger partial charge in [-0.05, 0) is 45.2 Å². The molecule has 0 N–H and O–H groups in total. The molecule has 1 amide bonds. The molecule has 1 aliphatic heterocycles. The standard InChI is InChI=1S/C20H27N3O2/c1-15-12-16(2)23(21-15)19-10-7-11-22(13-19)20(24)17(3)25-14-18-8-5-4-6-9-18/h4-6,8-9,12,17,19H,7,10-11,13-14H2,1-3H3/t17-,19+/m0/s1. The van der Waals surface area contributed by atoms with E-state index in [4.69, 9.17) is 4.74 Å². The van der Waals surface area contributed by atoms with Gasteiger partial charge in [-0.15, -0.1) is 0 Å². The fourth-order valence-electron chi connectivity index (χ4n) is 3.49. The molecule has 1 aliphatic rings. The minimum Gasteiger partial charge on any atom is -0.364 e. The highest BCUT2D eigenvalue weighted by Crippen LogP contribution is 2.23. The number of hydrogen-bond acceptors (Lipinski definition) is 3. The quantitative estimate of drug-likeness (QED) is 0.838. The van der Waals surface area contributed by atoms with Crippen LogP contribution in [-0.2, 0) is 16.1 Å². The Labute approximate surface area is 149 Å². The Kier molecular flexibility index (Phi) is 5.53. The zero-order chi connectivity index (χ0) is 17.8. The molecule has 5 heteroatoms. The van der Waals surface area contributed by atoms with Gasteiger partial charge in [-0.25, -0.2) is 0 Å². The van der Waals surface area contributed by atoms with Crippen molar-refractivity contribution >= 4 is 5.91 Å². The summed E-state index contributed by atoms with van der Waals surface area (Å²) in [6, 6.07) is 12.3. The molecule has 0 bridgehead atoms. The van der Waals surface area contributed by atoms with Crippen molar-refractivity contribution in [3.8, 4) is 0 Å². The lowest BCUT2D eigenvalue weighted by Gasteiger charge is -2.34. The van der Waals surface area contributed by atoms with Crippen molar-refractivity contribution < 1.29 is 9.53 Å². The first-order chi connectivity index (χ1) is 12.0. The Hall–Kier alpha value is -2.14. The van der Waals surface area contributed by atoms with Crippen LogP contribution < -0.4 is 0 Å². The monoisotopic (exact) mass is 341 g/mol. The highest BCUT2D eigenvalue weighted by atomic mass is 16.5. The average Bonchev–Trinajstić information content (AvgIpc) is 2.98. The molecule has 0 spiro atoms. The van der Waals surface area contributed by atoms with Gasteiger partial charge in [0.1, 0.15) is 6.10 Å². The molecule has 0 saturated carbocycles. The summed E-state index contributed by atoms with van der Waals surface area (Å²) in [6.45, 7) is 7.90. The molecule has 1 aromatic heterocycles. The maximum absolute atomic E-state index is 12.8. The normalized spacial score (nSPS) is 19.0. The Morgan fingerprint density at radius 2 is 2.08 bits per heavy atom. The third kappa shape index (κ3) is 4.28. The molecule has 134 valence electrons. The van der Waals surface area contributed by atoms with Crippen molar-refractivity contribution in [2.45, 2.75) is 52.4 Å². The summed E-state index contributed by atoms with van der Waals surface area (Å²) >= 11 is 0. The van der Waals surface area contributed by atoms with Crippen LogP contribution in [0.2, 0.25) is 0 Å². The lowest BCUT2D eigenvalue weighted by Crippen LogP contribution is -2.45. The summed E-state index contributed by atoms with van der Waals surface area (Å²) in [7, 11) is 0. The largest absolute Gasteiger partial charge is 0.364 e. The van der Waals surface area contributed by atoms with Crippen LogP contribution in [0.15, 0.2) is 36.4 Å². The lowest BCUT2D eigenvalue weighted by molar-refractivity contribution is -0.145. The zero-order valence-electron chi connectivity index (χ0n) is 15.3. The molecule has 2 atom stereocenters. The van der Waals surface area contributed by atoms with E-state index >= 15 is 0 Å². The Bertz CT molecular complexity index is 711. The van der Waals surface area contributed by atoms with Crippen molar-refractivity contribution in [2.75, 3.05) is 13.1 Å². The minimum absolute atomic E-state index is 0.0714. The van der Waals surface area contributed by atoms with Crippen LogP contribution in [-0.4, -0.2) is 39.8 Å². The van der Waals surface area contributed by atoms with Gasteiger partial charge >= 0.3 is 0 Å². The summed E-state index contributed by atoms with van der Waals surface area (Å²) < 4.78 is 7.87. The summed E-state index contributed by atoms with van der Waals surface area (Å²) in [4.78, 5) is 14.7. The van der Waals surface area contributed by atoms with Crippen LogP contribution in [0.1, 0.15) is 42.8 Å². The number of ether oxygens (including phenoxy) is 1. The second kappa shape index (κ2) is 7.83. The lowest BCUT2D eigenvalue weighted by atomic mass is 10.0. The number of benzene rings is 1. The van der Waals surface area contributed by atoms with Crippen molar-refractivity contribution in [1.29, 1.82) is 0 Å². The van der Waals surface area contributed by atoms with E-state index in [1.807, 2.05) is 49.1 Å². The molecule has 0 unspecified atom stereocenters. The maximum Gasteiger partial charge on any atom is 0.251 e. The molecular weight excluding hydrogens is 314 g/mol. The van der Waals surface area contributed by atoms with Gasteiger partial charge in [0.05, 0.1) is 18.3 Å². The van der Waals surface area contributed by atoms with Crippen LogP contribution in [0.4, 0.5) is 0 Å². The predicted octanol–water partition coefficient (Wildman–Crippen LogP) is 3.27. The smallest absolute Gasteiger partial charge is 0.251 e. The highest BCUT2D eigenvalue weighted by molar-refractivity contribution is 5.80. The third-order valence-corrected chi connectivity index (χ3v) is 4.79. The SMILES string of the molecule is Cc1cc(C)n([C@@H]2CCCN(C(=O)[C@H](C)OCc3ccccc3)C2)n1. The number of amides is 1.